The Morgan fingerprint density at radius 1 is 1.53 bits per heavy atom. The molecule has 17 heavy (non-hydrogen) atoms. The van der Waals surface area contributed by atoms with E-state index in [1.54, 1.807) is 0 Å². The van der Waals surface area contributed by atoms with Gasteiger partial charge in [0.1, 0.15) is 16.8 Å². The molecule has 1 atom stereocenters. The third kappa shape index (κ3) is 2.83. The second kappa shape index (κ2) is 5.57. The van der Waals surface area contributed by atoms with Crippen molar-refractivity contribution in [3.63, 3.8) is 0 Å². The Labute approximate surface area is 108 Å². The van der Waals surface area contributed by atoms with Crippen LogP contribution in [0.1, 0.15) is 19.8 Å². The molecule has 0 bridgehead atoms. The molecule has 0 fully saturated rings. The van der Waals surface area contributed by atoms with E-state index in [1.807, 2.05) is 0 Å². The first-order chi connectivity index (χ1) is 8.24. The van der Waals surface area contributed by atoms with Gasteiger partial charge in [0.05, 0.1) is 12.6 Å². The van der Waals surface area contributed by atoms with E-state index < -0.39 is 0 Å². The summed E-state index contributed by atoms with van der Waals surface area (Å²) in [7, 11) is 0. The first-order valence-corrected chi connectivity index (χ1v) is 6.58. The molecule has 0 radical (unpaired) electrons. The first kappa shape index (κ1) is 12.5. The number of nitrogens with zero attached hydrogens (tertiary/aromatic N) is 3. The van der Waals surface area contributed by atoms with Gasteiger partial charge in [0.2, 0.25) is 0 Å². The van der Waals surface area contributed by atoms with Crippen LogP contribution < -0.4 is 5.32 Å². The lowest BCUT2D eigenvalue weighted by atomic mass is 10.2. The van der Waals surface area contributed by atoms with E-state index >= 15 is 0 Å². The zero-order chi connectivity index (χ0) is 12.3. The first-order valence-electron chi connectivity index (χ1n) is 5.39. The summed E-state index contributed by atoms with van der Waals surface area (Å²) in [6.45, 7) is 2.15. The predicted molar refractivity (Wildman–Crippen MR) is 69.6 cm³/mol. The van der Waals surface area contributed by atoms with Crippen molar-refractivity contribution in [3.8, 4) is 0 Å². The molecule has 92 valence electrons. The van der Waals surface area contributed by atoms with Crippen molar-refractivity contribution in [2.75, 3.05) is 11.9 Å². The fraction of sp³-hybridized carbons (Fsp3) is 0.500. The highest BCUT2D eigenvalue weighted by atomic mass is 35.5. The van der Waals surface area contributed by atoms with Crippen LogP contribution in [0.25, 0.3) is 10.3 Å². The fourth-order valence-corrected chi connectivity index (χ4v) is 2.59. The maximum atomic E-state index is 9.25. The van der Waals surface area contributed by atoms with Crippen LogP contribution in [-0.4, -0.2) is 32.7 Å². The number of fused-ring (bicyclic) bond motifs is 1. The number of nitrogens with one attached hydrogen (secondary N) is 1. The van der Waals surface area contributed by atoms with Crippen LogP contribution in [0.15, 0.2) is 6.33 Å². The third-order valence-corrected chi connectivity index (χ3v) is 3.52. The zero-order valence-electron chi connectivity index (χ0n) is 9.35. The van der Waals surface area contributed by atoms with Crippen LogP contribution in [-0.2, 0) is 0 Å². The Morgan fingerprint density at radius 3 is 3.06 bits per heavy atom. The number of aliphatic hydroxyl groups excluding tert-OH is 1. The van der Waals surface area contributed by atoms with Gasteiger partial charge in [-0.2, -0.15) is 0 Å². The van der Waals surface area contributed by atoms with Crippen molar-refractivity contribution in [2.24, 2.45) is 0 Å². The van der Waals surface area contributed by atoms with Gasteiger partial charge >= 0.3 is 0 Å². The van der Waals surface area contributed by atoms with Crippen molar-refractivity contribution >= 4 is 39.1 Å². The van der Waals surface area contributed by atoms with E-state index in [1.165, 1.54) is 17.7 Å². The lowest BCUT2D eigenvalue weighted by Gasteiger charge is -2.15. The Bertz CT molecular complexity index is 504. The summed E-state index contributed by atoms with van der Waals surface area (Å²) >= 11 is 7.18. The van der Waals surface area contributed by atoms with Crippen molar-refractivity contribution < 1.29 is 5.11 Å². The lowest BCUT2D eigenvalue weighted by Crippen LogP contribution is -2.24. The smallest absolute Gasteiger partial charge is 0.186 e. The highest BCUT2D eigenvalue weighted by molar-refractivity contribution is 7.22. The van der Waals surface area contributed by atoms with Crippen molar-refractivity contribution in [3.05, 3.63) is 10.8 Å². The highest BCUT2D eigenvalue weighted by Crippen LogP contribution is 2.29. The van der Waals surface area contributed by atoms with Gasteiger partial charge in [-0.25, -0.2) is 15.0 Å². The minimum Gasteiger partial charge on any atom is -0.394 e. The molecule has 0 aliphatic carbocycles. The molecule has 0 saturated carbocycles. The summed E-state index contributed by atoms with van der Waals surface area (Å²) in [6.07, 6.45) is 3.32. The lowest BCUT2D eigenvalue weighted by molar-refractivity contribution is 0.268. The quantitative estimate of drug-likeness (QED) is 0.874. The average molecular weight is 273 g/mol. The summed E-state index contributed by atoms with van der Waals surface area (Å²) in [5.74, 6) is 0.687. The molecule has 0 amide bonds. The van der Waals surface area contributed by atoms with Gasteiger partial charge in [0, 0.05) is 0 Å². The van der Waals surface area contributed by atoms with Crippen molar-refractivity contribution in [2.45, 2.75) is 25.8 Å². The molecule has 2 aromatic rings. The van der Waals surface area contributed by atoms with Crippen LogP contribution in [0.2, 0.25) is 4.47 Å². The summed E-state index contributed by atoms with van der Waals surface area (Å²) in [5.41, 5.74) is 0.589. The summed E-state index contributed by atoms with van der Waals surface area (Å²) in [5, 5.41) is 12.4. The van der Waals surface area contributed by atoms with Gasteiger partial charge in [-0.3, -0.25) is 0 Å². The van der Waals surface area contributed by atoms with Crippen LogP contribution >= 0.6 is 22.9 Å². The molecule has 0 aliphatic rings. The Kier molecular flexibility index (Phi) is 4.09. The molecule has 5 nitrogen and oxygen atoms in total. The normalized spacial score (nSPS) is 12.9. The molecule has 2 heterocycles. The molecule has 0 aliphatic heterocycles. The molecule has 0 saturated heterocycles. The van der Waals surface area contributed by atoms with Gasteiger partial charge in [0.15, 0.2) is 10.1 Å². The number of hydrogen-bond donors (Lipinski definition) is 2. The molecule has 2 N–H and O–H groups in total. The van der Waals surface area contributed by atoms with E-state index in [4.69, 9.17) is 11.6 Å². The third-order valence-electron chi connectivity index (χ3n) is 2.36. The monoisotopic (exact) mass is 272 g/mol. The minimum atomic E-state index is -0.000949. The standard InChI is InChI=1S/C10H13ClN4OS/c1-2-3-6(4-16)14-8-7-9(13-5-12-8)15-10(11)17-7/h5-6,16H,2-4H2,1H3,(H,12,13,14)/t6-/m1/s1. The van der Waals surface area contributed by atoms with Crippen molar-refractivity contribution in [1.29, 1.82) is 0 Å². The van der Waals surface area contributed by atoms with Gasteiger partial charge in [-0.05, 0) is 6.42 Å². The summed E-state index contributed by atoms with van der Waals surface area (Å²) in [6, 6.07) is -0.000949. The van der Waals surface area contributed by atoms with Crippen LogP contribution in [0, 0.1) is 0 Å². The maximum absolute atomic E-state index is 9.25. The zero-order valence-corrected chi connectivity index (χ0v) is 10.9. The second-order valence-electron chi connectivity index (χ2n) is 3.65. The number of rotatable bonds is 5. The highest BCUT2D eigenvalue weighted by Gasteiger charge is 2.12. The van der Waals surface area contributed by atoms with E-state index in [2.05, 4.69) is 27.2 Å². The number of aromatic nitrogens is 3. The van der Waals surface area contributed by atoms with E-state index in [9.17, 15) is 5.11 Å². The van der Waals surface area contributed by atoms with Crippen LogP contribution in [0.4, 0.5) is 5.82 Å². The Morgan fingerprint density at radius 2 is 2.35 bits per heavy atom. The van der Waals surface area contributed by atoms with Crippen LogP contribution in [0.5, 0.6) is 0 Å². The van der Waals surface area contributed by atoms with Gasteiger partial charge < -0.3 is 10.4 Å². The second-order valence-corrected chi connectivity index (χ2v) is 5.24. The fourth-order valence-electron chi connectivity index (χ4n) is 1.58. The van der Waals surface area contributed by atoms with Gasteiger partial charge in [0.25, 0.3) is 0 Å². The van der Waals surface area contributed by atoms with E-state index in [-0.39, 0.29) is 12.6 Å². The maximum Gasteiger partial charge on any atom is 0.186 e. The Balaban J connectivity index is 2.28. The number of hydrogen-bond acceptors (Lipinski definition) is 6. The SMILES string of the molecule is CCC[C@H](CO)Nc1ncnc2nc(Cl)sc12. The molecule has 7 heteroatoms. The van der Waals surface area contributed by atoms with E-state index in [0.29, 0.717) is 15.9 Å². The predicted octanol–water partition coefficient (Wildman–Crippen LogP) is 2.31. The van der Waals surface area contributed by atoms with E-state index in [0.717, 1.165) is 17.5 Å². The Hall–Kier alpha value is -0.980. The van der Waals surface area contributed by atoms with Crippen molar-refractivity contribution in [1.82, 2.24) is 15.0 Å². The minimum absolute atomic E-state index is 0.000949. The number of halogens is 1. The molecule has 0 aromatic carbocycles. The van der Waals surface area contributed by atoms with Gasteiger partial charge in [-0.15, -0.1) is 0 Å². The molecular formula is C10H13ClN4OS. The molecule has 0 spiro atoms. The molecular weight excluding hydrogens is 260 g/mol. The molecule has 2 rings (SSSR count). The molecule has 0 unspecified atom stereocenters. The average Bonchev–Trinajstić information content (AvgIpc) is 2.70. The number of anilines is 1. The summed E-state index contributed by atoms with van der Waals surface area (Å²) in [4.78, 5) is 12.3. The molecule has 2 aromatic heterocycles. The topological polar surface area (TPSA) is 70.9 Å². The number of aliphatic hydroxyl groups is 1. The summed E-state index contributed by atoms with van der Waals surface area (Å²) < 4.78 is 1.27. The largest absolute Gasteiger partial charge is 0.394 e. The van der Waals surface area contributed by atoms with Gasteiger partial charge in [-0.1, -0.05) is 36.3 Å². The van der Waals surface area contributed by atoms with Crippen LogP contribution in [0.3, 0.4) is 0 Å². The number of thiazole rings is 1.